The number of benzene rings is 2. The summed E-state index contributed by atoms with van der Waals surface area (Å²) in [5, 5.41) is 20.8. The van der Waals surface area contributed by atoms with Crippen LogP contribution < -0.4 is 10.4 Å². The number of hydrogen-bond acceptors (Lipinski definition) is 3. The third kappa shape index (κ3) is 2.76. The van der Waals surface area contributed by atoms with Gasteiger partial charge in [-0.15, -0.1) is 0 Å². The molecule has 17 heavy (non-hydrogen) atoms. The third-order valence-electron chi connectivity index (χ3n) is 2.63. The monoisotopic (exact) mass is 262 g/mol. The van der Waals surface area contributed by atoms with Crippen LogP contribution in [-0.4, -0.2) is 29.7 Å². The molecule has 0 aliphatic carbocycles. The lowest BCUT2D eigenvalue weighted by Gasteiger charge is -2.14. The summed E-state index contributed by atoms with van der Waals surface area (Å²) in [5.74, 6) is 0.529. The second-order valence-corrected chi connectivity index (χ2v) is 7.78. The minimum atomic E-state index is -1.63. The summed E-state index contributed by atoms with van der Waals surface area (Å²) in [6.45, 7) is 0. The van der Waals surface area contributed by atoms with E-state index in [9.17, 15) is 10.2 Å². The summed E-state index contributed by atoms with van der Waals surface area (Å²) >= 11 is 0. The lowest BCUT2D eigenvalue weighted by molar-refractivity contribution is 0.475. The minimum Gasteiger partial charge on any atom is -0.508 e. The molecule has 0 aliphatic heterocycles. The summed E-state index contributed by atoms with van der Waals surface area (Å²) in [6.07, 6.45) is 0. The molecule has 3 nitrogen and oxygen atoms in total. The smallest absolute Gasteiger partial charge is 0.227 e. The van der Waals surface area contributed by atoms with Crippen LogP contribution in [0.4, 0.5) is 0 Å². The Hall–Kier alpha value is -1.57. The first-order chi connectivity index (χ1) is 8.20. The molecule has 0 fully saturated rings. The molecule has 0 spiro atoms. The van der Waals surface area contributed by atoms with Crippen molar-refractivity contribution in [3.05, 3.63) is 48.5 Å². The molecular formula is C12H14O3Si2. The highest BCUT2D eigenvalue weighted by atomic mass is 28.3. The standard InChI is InChI=1S/C12H14O3Si2/c13-9-1-5-11(6-2-9)17(15-16)12-7-3-10(14)4-8-12/h1-8,13-14,17H,16H3. The van der Waals surface area contributed by atoms with Crippen LogP contribution >= 0.6 is 0 Å². The predicted molar refractivity (Wildman–Crippen MR) is 73.7 cm³/mol. The Morgan fingerprint density at radius 3 is 1.41 bits per heavy atom. The summed E-state index contributed by atoms with van der Waals surface area (Å²) in [5.41, 5.74) is 0. The molecule has 2 rings (SSSR count). The van der Waals surface area contributed by atoms with Crippen LogP contribution in [0.5, 0.6) is 11.5 Å². The van der Waals surface area contributed by atoms with Crippen LogP contribution in [0.25, 0.3) is 0 Å². The fourth-order valence-electron chi connectivity index (χ4n) is 1.76. The molecule has 0 amide bonds. The van der Waals surface area contributed by atoms with E-state index in [1.165, 1.54) is 0 Å². The molecule has 0 radical (unpaired) electrons. The first kappa shape index (κ1) is 11.9. The number of phenolic OH excluding ortho intramolecular Hbond substituents is 2. The van der Waals surface area contributed by atoms with Gasteiger partial charge in [0.15, 0.2) is 0 Å². The minimum absolute atomic E-state index is 0.264. The highest BCUT2D eigenvalue weighted by Gasteiger charge is 2.15. The molecule has 0 saturated heterocycles. The number of phenols is 2. The van der Waals surface area contributed by atoms with Crippen molar-refractivity contribution < 1.29 is 14.3 Å². The van der Waals surface area contributed by atoms with Crippen LogP contribution in [0.2, 0.25) is 0 Å². The van der Waals surface area contributed by atoms with Crippen molar-refractivity contribution in [1.29, 1.82) is 0 Å². The first-order valence-corrected chi connectivity index (χ1v) is 7.75. The van der Waals surface area contributed by atoms with E-state index in [1.54, 1.807) is 24.3 Å². The SMILES string of the molecule is Oc1ccc([SiH](O[SiH3])c2ccc(O)cc2)cc1. The van der Waals surface area contributed by atoms with Gasteiger partial charge in [-0.3, -0.25) is 0 Å². The number of hydrogen-bond donors (Lipinski definition) is 2. The summed E-state index contributed by atoms with van der Waals surface area (Å²) in [4.78, 5) is 0. The molecule has 0 bridgehead atoms. The zero-order chi connectivity index (χ0) is 12.3. The van der Waals surface area contributed by atoms with Gasteiger partial charge in [-0.25, -0.2) is 0 Å². The van der Waals surface area contributed by atoms with Crippen LogP contribution in [0.3, 0.4) is 0 Å². The molecule has 0 unspecified atom stereocenters. The van der Waals surface area contributed by atoms with E-state index in [-0.39, 0.29) is 11.5 Å². The van der Waals surface area contributed by atoms with Gasteiger partial charge in [0.05, 0.1) is 0 Å². The van der Waals surface area contributed by atoms with Crippen LogP contribution in [0, 0.1) is 0 Å². The molecule has 0 aliphatic rings. The summed E-state index contributed by atoms with van der Waals surface area (Å²) < 4.78 is 5.72. The van der Waals surface area contributed by atoms with Crippen molar-refractivity contribution in [2.45, 2.75) is 0 Å². The van der Waals surface area contributed by atoms with E-state index >= 15 is 0 Å². The fourth-order valence-corrected chi connectivity index (χ4v) is 5.41. The molecule has 2 N–H and O–H groups in total. The normalized spacial score (nSPS) is 10.9. The van der Waals surface area contributed by atoms with Crippen molar-refractivity contribution in [2.75, 3.05) is 0 Å². The second-order valence-electron chi connectivity index (χ2n) is 3.80. The molecule has 88 valence electrons. The Kier molecular flexibility index (Phi) is 3.62. The number of rotatable bonds is 3. The summed E-state index contributed by atoms with van der Waals surface area (Å²) in [6, 6.07) is 14.3. The molecule has 2 aromatic rings. The van der Waals surface area contributed by atoms with Gasteiger partial charge in [-0.1, -0.05) is 24.3 Å². The second kappa shape index (κ2) is 5.18. The maximum atomic E-state index is 9.27. The van der Waals surface area contributed by atoms with Gasteiger partial charge in [-0.2, -0.15) is 0 Å². The van der Waals surface area contributed by atoms with Crippen molar-refractivity contribution in [1.82, 2.24) is 0 Å². The van der Waals surface area contributed by atoms with Crippen LogP contribution in [-0.2, 0) is 4.12 Å². The predicted octanol–water partition coefficient (Wildman–Crippen LogP) is -0.767. The van der Waals surface area contributed by atoms with E-state index in [1.807, 2.05) is 24.3 Å². The van der Waals surface area contributed by atoms with Gasteiger partial charge in [0, 0.05) is 0 Å². The lowest BCUT2D eigenvalue weighted by atomic mass is 10.3. The van der Waals surface area contributed by atoms with Crippen molar-refractivity contribution in [2.24, 2.45) is 0 Å². The first-order valence-electron chi connectivity index (χ1n) is 5.31. The quantitative estimate of drug-likeness (QED) is 0.715. The zero-order valence-corrected chi connectivity index (χ0v) is 12.7. The maximum Gasteiger partial charge on any atom is 0.227 e. The Bertz CT molecular complexity index is 437. The Morgan fingerprint density at radius 1 is 0.765 bits per heavy atom. The van der Waals surface area contributed by atoms with Crippen LogP contribution in [0.1, 0.15) is 0 Å². The van der Waals surface area contributed by atoms with Gasteiger partial charge in [0.2, 0.25) is 9.04 Å². The fraction of sp³-hybridized carbons (Fsp3) is 0. The third-order valence-corrected chi connectivity index (χ3v) is 6.49. The van der Waals surface area contributed by atoms with E-state index < -0.39 is 9.04 Å². The highest BCUT2D eigenvalue weighted by molar-refractivity contribution is 6.81. The molecule has 5 heteroatoms. The van der Waals surface area contributed by atoms with Crippen molar-refractivity contribution in [3.63, 3.8) is 0 Å². The largest absolute Gasteiger partial charge is 0.508 e. The van der Waals surface area contributed by atoms with Crippen molar-refractivity contribution >= 4 is 29.9 Å². The molecule has 0 atom stereocenters. The topological polar surface area (TPSA) is 49.7 Å². The average molecular weight is 262 g/mol. The molecule has 0 heterocycles. The molecular weight excluding hydrogens is 248 g/mol. The average Bonchev–Trinajstić information content (AvgIpc) is 2.35. The Balaban J connectivity index is 2.33. The van der Waals surface area contributed by atoms with Gasteiger partial charge >= 0.3 is 0 Å². The molecule has 0 saturated carbocycles. The van der Waals surface area contributed by atoms with Gasteiger partial charge < -0.3 is 14.3 Å². The van der Waals surface area contributed by atoms with E-state index in [2.05, 4.69) is 0 Å². The molecule has 2 aromatic carbocycles. The molecule has 0 aromatic heterocycles. The number of aromatic hydroxyl groups is 2. The Labute approximate surface area is 105 Å². The van der Waals surface area contributed by atoms with Crippen LogP contribution in [0.15, 0.2) is 48.5 Å². The van der Waals surface area contributed by atoms with Crippen molar-refractivity contribution in [3.8, 4) is 11.5 Å². The summed E-state index contributed by atoms with van der Waals surface area (Å²) in [7, 11) is -0.956. The highest BCUT2D eigenvalue weighted by Crippen LogP contribution is 2.06. The van der Waals surface area contributed by atoms with Gasteiger partial charge in [0.25, 0.3) is 0 Å². The van der Waals surface area contributed by atoms with Gasteiger partial charge in [0.1, 0.15) is 22.0 Å². The zero-order valence-electron chi connectivity index (χ0n) is 9.50. The Morgan fingerprint density at radius 2 is 1.12 bits per heavy atom. The lowest BCUT2D eigenvalue weighted by Crippen LogP contribution is -2.44. The van der Waals surface area contributed by atoms with E-state index in [4.69, 9.17) is 4.12 Å². The van der Waals surface area contributed by atoms with Gasteiger partial charge in [-0.05, 0) is 34.6 Å². The van der Waals surface area contributed by atoms with E-state index in [0.29, 0.717) is 10.5 Å². The van der Waals surface area contributed by atoms with E-state index in [0.717, 1.165) is 10.4 Å². The maximum absolute atomic E-state index is 9.27.